The first-order chi connectivity index (χ1) is 8.49. The van der Waals surface area contributed by atoms with Gasteiger partial charge in [0, 0.05) is 12.8 Å². The van der Waals surface area contributed by atoms with Gasteiger partial charge >= 0.3 is 0 Å². The Bertz CT molecular complexity index is 370. The largest absolute Gasteiger partial charge is 0.326 e. The first-order valence-corrected chi connectivity index (χ1v) is 7.17. The smallest absolute Gasteiger partial charge is 0.273 e. The number of hydrogen-bond donors (Lipinski definition) is 0. The highest BCUT2D eigenvalue weighted by Crippen LogP contribution is 2.16. The van der Waals surface area contributed by atoms with E-state index in [4.69, 9.17) is 0 Å². The number of allylic oxidation sites excluding steroid dienone is 3. The highest BCUT2D eigenvalue weighted by atomic mass is 127. The third kappa shape index (κ3) is 5.16. The summed E-state index contributed by atoms with van der Waals surface area (Å²) in [6.07, 6.45) is 5.66. The molecule has 0 fully saturated rings. The van der Waals surface area contributed by atoms with Gasteiger partial charge in [0.25, 0.3) is 5.91 Å². The summed E-state index contributed by atoms with van der Waals surface area (Å²) in [5.74, 6) is -0.0609. The van der Waals surface area contributed by atoms with E-state index < -0.39 is 0 Å². The van der Waals surface area contributed by atoms with Crippen molar-refractivity contribution in [3.05, 3.63) is 36.6 Å². The van der Waals surface area contributed by atoms with E-state index in [1.165, 1.54) is 6.21 Å². The Balaban J connectivity index is 5.35. The van der Waals surface area contributed by atoms with Gasteiger partial charge in [0.05, 0.1) is 4.05 Å². The molecule has 0 bridgehead atoms. The van der Waals surface area contributed by atoms with Crippen LogP contribution in [0.3, 0.4) is 0 Å². The number of nitrogens with zero attached hydrogens (tertiary/aromatic N) is 2. The average Bonchev–Trinajstić information content (AvgIpc) is 2.35. The van der Waals surface area contributed by atoms with Crippen LogP contribution in [-0.2, 0) is 4.79 Å². The molecule has 1 amide bonds. The van der Waals surface area contributed by atoms with Crippen LogP contribution in [0.2, 0.25) is 0 Å². The Kier molecular flexibility index (Phi) is 8.62. The van der Waals surface area contributed by atoms with Crippen LogP contribution in [0.25, 0.3) is 0 Å². The molecule has 0 rings (SSSR count). The summed E-state index contributed by atoms with van der Waals surface area (Å²) in [5.41, 5.74) is 1.21. The minimum absolute atomic E-state index is 0.0609. The molecule has 0 aromatic carbocycles. The number of carbonyl (C=O) groups excluding carboxylic acids is 1. The molecule has 0 radical (unpaired) electrons. The lowest BCUT2D eigenvalue weighted by Gasteiger charge is -2.25. The molecule has 0 saturated carbocycles. The Morgan fingerprint density at radius 1 is 1.50 bits per heavy atom. The van der Waals surface area contributed by atoms with Gasteiger partial charge in [-0.2, -0.15) is 0 Å². The summed E-state index contributed by atoms with van der Waals surface area (Å²) < 4.78 is 0.126. The van der Waals surface area contributed by atoms with E-state index in [1.807, 2.05) is 18.7 Å². The van der Waals surface area contributed by atoms with Gasteiger partial charge in [0.15, 0.2) is 0 Å². The van der Waals surface area contributed by atoms with E-state index in [-0.39, 0.29) is 9.96 Å². The summed E-state index contributed by atoms with van der Waals surface area (Å²) in [4.78, 5) is 18.4. The summed E-state index contributed by atoms with van der Waals surface area (Å²) in [5, 5.41) is 0. The summed E-state index contributed by atoms with van der Waals surface area (Å²) >= 11 is 2.23. The average molecular weight is 360 g/mol. The second-order valence-electron chi connectivity index (χ2n) is 3.82. The molecular weight excluding hydrogens is 339 g/mol. The molecule has 3 nitrogen and oxygen atoms in total. The van der Waals surface area contributed by atoms with E-state index >= 15 is 0 Å². The van der Waals surface area contributed by atoms with Crippen LogP contribution < -0.4 is 0 Å². The predicted molar refractivity (Wildman–Crippen MR) is 87.1 cm³/mol. The van der Waals surface area contributed by atoms with E-state index in [9.17, 15) is 4.79 Å². The van der Waals surface area contributed by atoms with E-state index in [0.29, 0.717) is 5.70 Å². The van der Waals surface area contributed by atoms with Gasteiger partial charge in [-0.15, -0.1) is 0 Å². The fraction of sp³-hybridized carbons (Fsp3) is 0.429. The lowest BCUT2D eigenvalue weighted by atomic mass is 10.2. The van der Waals surface area contributed by atoms with Crippen molar-refractivity contribution >= 4 is 34.7 Å². The van der Waals surface area contributed by atoms with Gasteiger partial charge in [-0.3, -0.25) is 9.79 Å². The van der Waals surface area contributed by atoms with Crippen molar-refractivity contribution in [2.45, 2.75) is 31.2 Å². The SMILES string of the molecule is C=CC=N/C(C(=O)N(CCC)C(C)I)=C(/C)C=C. The molecule has 1 atom stereocenters. The van der Waals surface area contributed by atoms with Crippen LogP contribution in [0.5, 0.6) is 0 Å². The van der Waals surface area contributed by atoms with Crippen molar-refractivity contribution in [3.8, 4) is 0 Å². The second-order valence-corrected chi connectivity index (χ2v) is 5.62. The summed E-state index contributed by atoms with van der Waals surface area (Å²) in [6, 6.07) is 0. The van der Waals surface area contributed by atoms with Crippen LogP contribution in [0, 0.1) is 0 Å². The van der Waals surface area contributed by atoms with Gasteiger partial charge in [-0.25, -0.2) is 0 Å². The molecule has 0 aliphatic rings. The molecule has 0 heterocycles. The van der Waals surface area contributed by atoms with Crippen molar-refractivity contribution in [2.75, 3.05) is 6.54 Å². The summed E-state index contributed by atoms with van der Waals surface area (Å²) in [7, 11) is 0. The van der Waals surface area contributed by atoms with Gasteiger partial charge < -0.3 is 4.90 Å². The first-order valence-electron chi connectivity index (χ1n) is 5.93. The molecule has 18 heavy (non-hydrogen) atoms. The highest BCUT2D eigenvalue weighted by molar-refractivity contribution is 14.1. The zero-order chi connectivity index (χ0) is 14.1. The Morgan fingerprint density at radius 2 is 2.11 bits per heavy atom. The van der Waals surface area contributed by atoms with Crippen molar-refractivity contribution in [1.82, 2.24) is 4.90 Å². The van der Waals surface area contributed by atoms with Gasteiger partial charge in [0.1, 0.15) is 5.70 Å². The van der Waals surface area contributed by atoms with Crippen molar-refractivity contribution in [3.63, 3.8) is 0 Å². The molecule has 0 aliphatic heterocycles. The maximum absolute atomic E-state index is 12.4. The molecular formula is C14H21IN2O. The van der Waals surface area contributed by atoms with Crippen LogP contribution in [0.1, 0.15) is 27.2 Å². The molecule has 0 aromatic heterocycles. The van der Waals surface area contributed by atoms with Gasteiger partial charge in [-0.1, -0.05) is 54.8 Å². The lowest BCUT2D eigenvalue weighted by molar-refractivity contribution is -0.127. The lowest BCUT2D eigenvalue weighted by Crippen LogP contribution is -2.37. The Labute approximate surface area is 123 Å². The number of rotatable bonds is 7. The van der Waals surface area contributed by atoms with E-state index in [1.54, 1.807) is 12.2 Å². The van der Waals surface area contributed by atoms with E-state index in [0.717, 1.165) is 18.5 Å². The van der Waals surface area contributed by atoms with Crippen molar-refractivity contribution in [2.24, 2.45) is 4.99 Å². The molecule has 100 valence electrons. The number of carbonyl (C=O) groups is 1. The number of amides is 1. The molecule has 0 aliphatic carbocycles. The maximum Gasteiger partial charge on any atom is 0.273 e. The van der Waals surface area contributed by atoms with Crippen molar-refractivity contribution < 1.29 is 4.79 Å². The molecule has 0 N–H and O–H groups in total. The van der Waals surface area contributed by atoms with Crippen LogP contribution in [-0.4, -0.2) is 27.6 Å². The predicted octanol–water partition coefficient (Wildman–Crippen LogP) is 3.72. The second kappa shape index (κ2) is 9.08. The topological polar surface area (TPSA) is 32.7 Å². The van der Waals surface area contributed by atoms with Crippen molar-refractivity contribution in [1.29, 1.82) is 0 Å². The van der Waals surface area contributed by atoms with Crippen LogP contribution in [0.4, 0.5) is 0 Å². The Morgan fingerprint density at radius 3 is 2.50 bits per heavy atom. The number of alkyl halides is 1. The van der Waals surface area contributed by atoms with Crippen LogP contribution in [0.15, 0.2) is 41.6 Å². The molecule has 0 saturated heterocycles. The molecule has 1 unspecified atom stereocenters. The van der Waals surface area contributed by atoms with Gasteiger partial charge in [-0.05, 0) is 25.8 Å². The normalized spacial score (nSPS) is 14.0. The quantitative estimate of drug-likeness (QED) is 0.170. The van der Waals surface area contributed by atoms with Gasteiger partial charge in [0.2, 0.25) is 0 Å². The highest BCUT2D eigenvalue weighted by Gasteiger charge is 2.21. The fourth-order valence-electron chi connectivity index (χ4n) is 1.37. The minimum atomic E-state index is -0.0609. The molecule has 4 heteroatoms. The number of hydrogen-bond acceptors (Lipinski definition) is 2. The zero-order valence-electron chi connectivity index (χ0n) is 11.3. The minimum Gasteiger partial charge on any atom is -0.326 e. The first kappa shape index (κ1) is 17.1. The summed E-state index contributed by atoms with van der Waals surface area (Å²) in [6.45, 7) is 13.9. The third-order valence-electron chi connectivity index (χ3n) is 2.35. The maximum atomic E-state index is 12.4. The standard InChI is InChI=1S/C14H21IN2O/c1-6-9-16-13(11(4)8-3)14(18)17(10-7-2)12(5)15/h6,8-9,12H,1,3,7,10H2,2,4-5H3/b13-11-,16-9?. The Hall–Kier alpha value is -0.910. The van der Waals surface area contributed by atoms with E-state index in [2.05, 4.69) is 47.7 Å². The molecule has 0 spiro atoms. The monoisotopic (exact) mass is 360 g/mol. The number of halogens is 1. The third-order valence-corrected chi connectivity index (χ3v) is 3.02. The van der Waals surface area contributed by atoms with Crippen LogP contribution >= 0.6 is 22.6 Å². The number of aliphatic imine (C=N–C) groups is 1. The zero-order valence-corrected chi connectivity index (χ0v) is 13.5. The fourth-order valence-corrected chi connectivity index (χ4v) is 1.90. The molecule has 0 aromatic rings.